The molecule has 2 aromatic heterocycles. The Balaban J connectivity index is 1.64. The van der Waals surface area contributed by atoms with Gasteiger partial charge in [-0.2, -0.15) is 5.10 Å². The van der Waals surface area contributed by atoms with E-state index in [-0.39, 0.29) is 6.42 Å². The number of aryl methyl sites for hydroxylation is 2. The first-order valence-corrected chi connectivity index (χ1v) is 7.52. The van der Waals surface area contributed by atoms with Crippen LogP contribution in [0, 0.1) is 6.92 Å². The number of nitrogens with zero attached hydrogens (tertiary/aromatic N) is 4. The minimum absolute atomic E-state index is 0.132. The van der Waals surface area contributed by atoms with E-state index in [1.165, 1.54) is 0 Å². The van der Waals surface area contributed by atoms with Gasteiger partial charge >= 0.3 is 5.97 Å². The highest BCUT2D eigenvalue weighted by molar-refractivity contribution is 5.66. The molecule has 1 aliphatic rings. The molecule has 0 aliphatic carbocycles. The molecule has 0 fully saturated rings. The third-order valence-electron chi connectivity index (χ3n) is 3.85. The molecule has 6 heteroatoms. The molecule has 0 bridgehead atoms. The Morgan fingerprint density at radius 1 is 1.32 bits per heavy atom. The number of pyridine rings is 1. The van der Waals surface area contributed by atoms with Crippen LogP contribution in [0.25, 0.3) is 0 Å². The highest BCUT2D eigenvalue weighted by Gasteiger charge is 2.19. The SMILES string of the molecule is Cc1cccc(CN2CCn3nc(CCC(=O)O)cc3C2)n1. The monoisotopic (exact) mass is 300 g/mol. The van der Waals surface area contributed by atoms with Crippen molar-refractivity contribution >= 4 is 5.97 Å². The fraction of sp³-hybridized carbons (Fsp3) is 0.438. The number of rotatable bonds is 5. The molecule has 0 amide bonds. The third-order valence-corrected chi connectivity index (χ3v) is 3.85. The summed E-state index contributed by atoms with van der Waals surface area (Å²) in [6.45, 7) is 5.44. The first kappa shape index (κ1) is 14.7. The molecule has 0 radical (unpaired) electrons. The van der Waals surface area contributed by atoms with Crippen molar-refractivity contribution in [3.63, 3.8) is 0 Å². The van der Waals surface area contributed by atoms with Gasteiger partial charge in [-0.25, -0.2) is 0 Å². The van der Waals surface area contributed by atoms with Crippen molar-refractivity contribution in [3.8, 4) is 0 Å². The molecule has 116 valence electrons. The summed E-state index contributed by atoms with van der Waals surface area (Å²) in [5.41, 5.74) is 4.14. The van der Waals surface area contributed by atoms with Crippen LogP contribution in [0.3, 0.4) is 0 Å². The lowest BCUT2D eigenvalue weighted by atomic mass is 10.2. The van der Waals surface area contributed by atoms with E-state index in [2.05, 4.69) is 21.0 Å². The predicted octanol–water partition coefficient (Wildman–Crippen LogP) is 1.62. The largest absolute Gasteiger partial charge is 0.481 e. The number of hydrogen-bond donors (Lipinski definition) is 1. The molecular weight excluding hydrogens is 280 g/mol. The van der Waals surface area contributed by atoms with Gasteiger partial charge in [0.1, 0.15) is 0 Å². The molecule has 0 spiro atoms. The van der Waals surface area contributed by atoms with Crippen LogP contribution < -0.4 is 0 Å². The number of fused-ring (bicyclic) bond motifs is 1. The Morgan fingerprint density at radius 3 is 2.95 bits per heavy atom. The average Bonchev–Trinajstić information content (AvgIpc) is 2.87. The van der Waals surface area contributed by atoms with Crippen molar-refractivity contribution in [1.29, 1.82) is 0 Å². The summed E-state index contributed by atoms with van der Waals surface area (Å²) in [6, 6.07) is 8.12. The lowest BCUT2D eigenvalue weighted by molar-refractivity contribution is -0.136. The second kappa shape index (κ2) is 6.27. The van der Waals surface area contributed by atoms with Crippen molar-refractivity contribution in [1.82, 2.24) is 19.7 Å². The van der Waals surface area contributed by atoms with Crippen LogP contribution in [0.1, 0.15) is 29.2 Å². The van der Waals surface area contributed by atoms with Crippen LogP contribution >= 0.6 is 0 Å². The van der Waals surface area contributed by atoms with Crippen LogP contribution in [0.15, 0.2) is 24.3 Å². The summed E-state index contributed by atoms with van der Waals surface area (Å²) in [7, 11) is 0. The van der Waals surface area contributed by atoms with Crippen molar-refractivity contribution < 1.29 is 9.90 Å². The summed E-state index contributed by atoms with van der Waals surface area (Å²) in [5, 5.41) is 13.2. The van der Waals surface area contributed by atoms with Gasteiger partial charge in [0.15, 0.2) is 0 Å². The quantitative estimate of drug-likeness (QED) is 0.908. The van der Waals surface area contributed by atoms with Gasteiger partial charge in [0.2, 0.25) is 0 Å². The van der Waals surface area contributed by atoms with Gasteiger partial charge in [-0.3, -0.25) is 19.4 Å². The Labute approximate surface area is 129 Å². The van der Waals surface area contributed by atoms with E-state index in [1.54, 1.807) is 0 Å². The highest BCUT2D eigenvalue weighted by atomic mass is 16.4. The third kappa shape index (κ3) is 3.51. The van der Waals surface area contributed by atoms with E-state index in [4.69, 9.17) is 5.11 Å². The maximum atomic E-state index is 10.6. The Morgan fingerprint density at radius 2 is 2.18 bits per heavy atom. The zero-order valence-electron chi connectivity index (χ0n) is 12.7. The number of hydrogen-bond acceptors (Lipinski definition) is 4. The van der Waals surface area contributed by atoms with E-state index in [0.717, 1.165) is 49.0 Å². The Bertz CT molecular complexity index is 681. The Hall–Kier alpha value is -2.21. The fourth-order valence-corrected chi connectivity index (χ4v) is 2.79. The average molecular weight is 300 g/mol. The van der Waals surface area contributed by atoms with Gasteiger partial charge in [-0.15, -0.1) is 0 Å². The first-order valence-electron chi connectivity index (χ1n) is 7.52. The van der Waals surface area contributed by atoms with Gasteiger partial charge in [0.25, 0.3) is 0 Å². The number of carboxylic acids is 1. The van der Waals surface area contributed by atoms with E-state index in [1.807, 2.05) is 29.8 Å². The summed E-state index contributed by atoms with van der Waals surface area (Å²) < 4.78 is 2.00. The van der Waals surface area contributed by atoms with E-state index < -0.39 is 5.97 Å². The van der Waals surface area contributed by atoms with Gasteiger partial charge < -0.3 is 5.11 Å². The number of carboxylic acid groups (broad SMARTS) is 1. The van der Waals surface area contributed by atoms with Crippen LogP contribution in [0.2, 0.25) is 0 Å². The molecule has 2 aromatic rings. The van der Waals surface area contributed by atoms with Crippen LogP contribution in [-0.2, 0) is 30.8 Å². The van der Waals surface area contributed by atoms with Crippen LogP contribution in [0.5, 0.6) is 0 Å². The zero-order chi connectivity index (χ0) is 15.5. The van der Waals surface area contributed by atoms with Crippen molar-refractivity contribution in [3.05, 3.63) is 47.0 Å². The minimum Gasteiger partial charge on any atom is -0.481 e. The highest BCUT2D eigenvalue weighted by Crippen LogP contribution is 2.16. The van der Waals surface area contributed by atoms with E-state index >= 15 is 0 Å². The molecular formula is C16H20N4O2. The lowest BCUT2D eigenvalue weighted by Crippen LogP contribution is -2.33. The molecule has 0 aromatic carbocycles. The lowest BCUT2D eigenvalue weighted by Gasteiger charge is -2.27. The normalized spacial score (nSPS) is 14.8. The van der Waals surface area contributed by atoms with Crippen LogP contribution in [-0.4, -0.2) is 37.3 Å². The van der Waals surface area contributed by atoms with Gasteiger partial charge in [-0.05, 0) is 25.1 Å². The standard InChI is InChI=1S/C16H20N4O2/c1-12-3-2-4-14(17-12)10-19-7-8-20-15(11-19)9-13(18-20)5-6-16(21)22/h2-4,9H,5-8,10-11H2,1H3,(H,21,22). The maximum absolute atomic E-state index is 10.6. The summed E-state index contributed by atoms with van der Waals surface area (Å²) in [5.74, 6) is -0.780. The minimum atomic E-state index is -0.780. The molecule has 6 nitrogen and oxygen atoms in total. The molecule has 3 heterocycles. The summed E-state index contributed by atoms with van der Waals surface area (Å²) >= 11 is 0. The number of carbonyl (C=O) groups is 1. The molecule has 3 rings (SSSR count). The summed E-state index contributed by atoms with van der Waals surface area (Å²) in [4.78, 5) is 17.5. The number of aromatic nitrogens is 3. The molecule has 0 unspecified atom stereocenters. The molecule has 1 N–H and O–H groups in total. The summed E-state index contributed by atoms with van der Waals surface area (Å²) in [6.07, 6.45) is 0.627. The molecule has 0 saturated carbocycles. The van der Waals surface area contributed by atoms with Gasteiger partial charge in [0, 0.05) is 31.7 Å². The molecule has 1 aliphatic heterocycles. The zero-order valence-corrected chi connectivity index (χ0v) is 12.7. The molecule has 0 atom stereocenters. The second-order valence-corrected chi connectivity index (χ2v) is 5.72. The van der Waals surface area contributed by atoms with Crippen molar-refractivity contribution in [2.24, 2.45) is 0 Å². The van der Waals surface area contributed by atoms with Crippen molar-refractivity contribution in [2.45, 2.75) is 39.4 Å². The topological polar surface area (TPSA) is 71.2 Å². The smallest absolute Gasteiger partial charge is 0.303 e. The van der Waals surface area contributed by atoms with Crippen LogP contribution in [0.4, 0.5) is 0 Å². The Kier molecular flexibility index (Phi) is 4.20. The van der Waals surface area contributed by atoms with Gasteiger partial charge in [-0.1, -0.05) is 6.07 Å². The molecule has 22 heavy (non-hydrogen) atoms. The first-order chi connectivity index (χ1) is 10.6. The maximum Gasteiger partial charge on any atom is 0.303 e. The van der Waals surface area contributed by atoms with Crippen molar-refractivity contribution in [2.75, 3.05) is 6.54 Å². The van der Waals surface area contributed by atoms with Gasteiger partial charge in [0.05, 0.1) is 30.0 Å². The number of aliphatic carboxylic acids is 1. The molecule has 0 saturated heterocycles. The predicted molar refractivity (Wildman–Crippen MR) is 81.3 cm³/mol. The van der Waals surface area contributed by atoms with E-state index in [0.29, 0.717) is 6.42 Å². The van der Waals surface area contributed by atoms with E-state index in [9.17, 15) is 4.79 Å². The fourth-order valence-electron chi connectivity index (χ4n) is 2.79. The second-order valence-electron chi connectivity index (χ2n) is 5.72.